The molecule has 2 heterocycles. The van der Waals surface area contributed by atoms with Crippen molar-refractivity contribution in [3.05, 3.63) is 63.8 Å². The molecule has 0 bridgehead atoms. The van der Waals surface area contributed by atoms with Crippen molar-refractivity contribution >= 4 is 5.91 Å². The van der Waals surface area contributed by atoms with Crippen LogP contribution in [0.5, 0.6) is 0 Å². The summed E-state index contributed by atoms with van der Waals surface area (Å²) in [6.07, 6.45) is 2.02. The molecular weight excluding hydrogens is 318 g/mol. The van der Waals surface area contributed by atoms with Gasteiger partial charge in [-0.15, -0.1) is 0 Å². The summed E-state index contributed by atoms with van der Waals surface area (Å²) in [7, 11) is 0. The highest BCUT2D eigenvalue weighted by Crippen LogP contribution is 2.24. The van der Waals surface area contributed by atoms with Crippen LogP contribution in [0.25, 0.3) is 0 Å². The first kappa shape index (κ1) is 17.4. The molecule has 6 heteroatoms. The highest BCUT2D eigenvalue weighted by molar-refractivity contribution is 5.82. The first-order valence-electron chi connectivity index (χ1n) is 8.44. The number of H-pyrrole nitrogens is 1. The molecule has 3 rings (SSSR count). The number of nitrogens with zero attached hydrogens (tertiary/aromatic N) is 2. The Kier molecular flexibility index (Phi) is 4.99. The van der Waals surface area contributed by atoms with E-state index < -0.39 is 5.41 Å². The Hall–Kier alpha value is -2.47. The lowest BCUT2D eigenvalue weighted by Gasteiger charge is -2.34. The predicted octanol–water partition coefficient (Wildman–Crippen LogP) is 1.90. The van der Waals surface area contributed by atoms with Crippen LogP contribution in [0.3, 0.4) is 0 Å². The molecule has 0 saturated carbocycles. The fraction of sp³-hybridized carbons (Fsp3) is 0.421. The molecule has 132 valence electrons. The van der Waals surface area contributed by atoms with Crippen LogP contribution in [0.1, 0.15) is 30.7 Å². The molecule has 1 aromatic heterocycles. The number of benzene rings is 1. The number of aromatic amines is 1. The third kappa shape index (κ3) is 3.96. The van der Waals surface area contributed by atoms with E-state index in [-0.39, 0.29) is 11.5 Å². The number of amides is 1. The van der Waals surface area contributed by atoms with E-state index in [1.54, 1.807) is 4.90 Å². The molecule has 0 radical (unpaired) electrons. The second-order valence-electron chi connectivity index (χ2n) is 7.00. The van der Waals surface area contributed by atoms with Crippen molar-refractivity contribution in [3.8, 4) is 0 Å². The Morgan fingerprint density at radius 2 is 2.08 bits per heavy atom. The third-order valence-electron chi connectivity index (χ3n) is 4.45. The van der Waals surface area contributed by atoms with E-state index in [1.807, 2.05) is 44.2 Å². The molecule has 0 fully saturated rings. The van der Waals surface area contributed by atoms with Gasteiger partial charge >= 0.3 is 0 Å². The van der Waals surface area contributed by atoms with Crippen molar-refractivity contribution in [2.75, 3.05) is 13.2 Å². The minimum Gasteiger partial charge on any atom is -0.376 e. The van der Waals surface area contributed by atoms with Gasteiger partial charge in [0, 0.05) is 13.0 Å². The minimum atomic E-state index is -0.652. The van der Waals surface area contributed by atoms with Gasteiger partial charge < -0.3 is 14.6 Å². The standard InChI is InChI=1S/C19H23N3O3/c1-19(2,12-25-11-14-6-4-3-5-7-14)18(24)22-9-8-16-15(10-22)17(23)21-13-20-16/h3-7,13H,8-12H2,1-2H3,(H,20,21,23). The van der Waals surface area contributed by atoms with Gasteiger partial charge in [-0.3, -0.25) is 9.59 Å². The number of nitrogens with one attached hydrogen (secondary N) is 1. The Balaban J connectivity index is 1.61. The van der Waals surface area contributed by atoms with E-state index in [2.05, 4.69) is 9.97 Å². The lowest BCUT2D eigenvalue weighted by molar-refractivity contribution is -0.145. The molecule has 2 aromatic rings. The fourth-order valence-electron chi connectivity index (χ4n) is 3.02. The average Bonchev–Trinajstić information content (AvgIpc) is 2.62. The lowest BCUT2D eigenvalue weighted by Crippen LogP contribution is -2.46. The monoisotopic (exact) mass is 341 g/mol. The normalized spacial score (nSPS) is 14.2. The fourth-order valence-corrected chi connectivity index (χ4v) is 3.02. The van der Waals surface area contributed by atoms with Gasteiger partial charge in [0.2, 0.25) is 5.91 Å². The minimum absolute atomic E-state index is 0.00513. The number of rotatable bonds is 5. The quantitative estimate of drug-likeness (QED) is 0.901. The molecule has 1 amide bonds. The van der Waals surface area contributed by atoms with E-state index in [0.717, 1.165) is 11.3 Å². The SMILES string of the molecule is CC(C)(COCc1ccccc1)C(=O)N1CCc2nc[nH]c(=O)c2C1. The lowest BCUT2D eigenvalue weighted by atomic mass is 9.91. The second-order valence-corrected chi connectivity index (χ2v) is 7.00. The van der Waals surface area contributed by atoms with E-state index in [1.165, 1.54) is 6.33 Å². The van der Waals surface area contributed by atoms with Crippen LogP contribution >= 0.6 is 0 Å². The Bertz CT molecular complexity index is 799. The molecule has 0 aliphatic carbocycles. The molecule has 0 unspecified atom stereocenters. The number of aromatic nitrogens is 2. The zero-order valence-electron chi connectivity index (χ0n) is 14.6. The molecule has 25 heavy (non-hydrogen) atoms. The largest absolute Gasteiger partial charge is 0.376 e. The van der Waals surface area contributed by atoms with Crippen LogP contribution in [0, 0.1) is 5.41 Å². The molecule has 6 nitrogen and oxygen atoms in total. The molecule has 1 aliphatic heterocycles. The van der Waals surface area contributed by atoms with Crippen LogP contribution in [0.2, 0.25) is 0 Å². The Morgan fingerprint density at radius 3 is 2.84 bits per heavy atom. The number of carbonyl (C=O) groups excluding carboxylic acids is 1. The van der Waals surface area contributed by atoms with Crippen molar-refractivity contribution in [2.45, 2.75) is 33.4 Å². The topological polar surface area (TPSA) is 75.3 Å². The maximum atomic E-state index is 12.9. The van der Waals surface area contributed by atoms with Crippen LogP contribution in [0.4, 0.5) is 0 Å². The summed E-state index contributed by atoms with van der Waals surface area (Å²) in [5, 5.41) is 0. The van der Waals surface area contributed by atoms with Crippen molar-refractivity contribution in [1.29, 1.82) is 0 Å². The molecular formula is C19H23N3O3. The second kappa shape index (κ2) is 7.19. The van der Waals surface area contributed by atoms with Gasteiger partial charge in [0.1, 0.15) is 0 Å². The van der Waals surface area contributed by atoms with Crippen molar-refractivity contribution in [2.24, 2.45) is 5.41 Å². The first-order valence-corrected chi connectivity index (χ1v) is 8.44. The Labute approximate surface area is 146 Å². The van der Waals surface area contributed by atoms with E-state index in [4.69, 9.17) is 4.74 Å². The number of ether oxygens (including phenoxy) is 1. The third-order valence-corrected chi connectivity index (χ3v) is 4.45. The molecule has 1 aromatic carbocycles. The molecule has 1 N–H and O–H groups in total. The maximum Gasteiger partial charge on any atom is 0.255 e. The summed E-state index contributed by atoms with van der Waals surface area (Å²) in [4.78, 5) is 33.4. The Morgan fingerprint density at radius 1 is 1.32 bits per heavy atom. The highest BCUT2D eigenvalue weighted by Gasteiger charge is 2.34. The summed E-state index contributed by atoms with van der Waals surface area (Å²) in [5.74, 6) is -0.00513. The van der Waals surface area contributed by atoms with E-state index >= 15 is 0 Å². The van der Waals surface area contributed by atoms with Crippen LogP contribution < -0.4 is 5.56 Å². The molecule has 0 atom stereocenters. The van der Waals surface area contributed by atoms with Crippen LogP contribution in [-0.4, -0.2) is 33.9 Å². The van der Waals surface area contributed by atoms with Crippen LogP contribution in [-0.2, 0) is 29.1 Å². The van der Waals surface area contributed by atoms with Gasteiger partial charge in [0.15, 0.2) is 0 Å². The van der Waals surface area contributed by atoms with Crippen LogP contribution in [0.15, 0.2) is 41.5 Å². The van der Waals surface area contributed by atoms with Gasteiger partial charge in [-0.1, -0.05) is 30.3 Å². The summed E-state index contributed by atoms with van der Waals surface area (Å²) in [6, 6.07) is 9.88. The number of carbonyl (C=O) groups is 1. The van der Waals surface area contributed by atoms with Crippen molar-refractivity contribution in [1.82, 2.24) is 14.9 Å². The zero-order valence-corrected chi connectivity index (χ0v) is 14.6. The van der Waals surface area contributed by atoms with Crippen molar-refractivity contribution in [3.63, 3.8) is 0 Å². The average molecular weight is 341 g/mol. The highest BCUT2D eigenvalue weighted by atomic mass is 16.5. The molecule has 0 saturated heterocycles. The first-order chi connectivity index (χ1) is 12.0. The van der Waals surface area contributed by atoms with Gasteiger partial charge in [-0.25, -0.2) is 4.98 Å². The van der Waals surface area contributed by atoms with Gasteiger partial charge in [-0.05, 0) is 19.4 Å². The number of hydrogen-bond donors (Lipinski definition) is 1. The number of fused-ring (bicyclic) bond motifs is 1. The van der Waals surface area contributed by atoms with E-state index in [0.29, 0.717) is 38.3 Å². The molecule has 0 spiro atoms. The van der Waals surface area contributed by atoms with E-state index in [9.17, 15) is 9.59 Å². The maximum absolute atomic E-state index is 12.9. The molecule has 1 aliphatic rings. The van der Waals surface area contributed by atoms with Gasteiger partial charge in [0.05, 0.1) is 42.8 Å². The van der Waals surface area contributed by atoms with Gasteiger partial charge in [-0.2, -0.15) is 0 Å². The summed E-state index contributed by atoms with van der Waals surface area (Å²) in [5.41, 5.74) is 1.63. The van der Waals surface area contributed by atoms with Gasteiger partial charge in [0.25, 0.3) is 5.56 Å². The smallest absolute Gasteiger partial charge is 0.255 e. The summed E-state index contributed by atoms with van der Waals surface area (Å²) in [6.45, 7) is 5.44. The zero-order chi connectivity index (χ0) is 17.9. The van der Waals surface area contributed by atoms with Crippen molar-refractivity contribution < 1.29 is 9.53 Å². The summed E-state index contributed by atoms with van der Waals surface area (Å²) < 4.78 is 5.76. The predicted molar refractivity (Wildman–Crippen MR) is 93.9 cm³/mol. The number of hydrogen-bond acceptors (Lipinski definition) is 4. The summed E-state index contributed by atoms with van der Waals surface area (Å²) >= 11 is 0.